The van der Waals surface area contributed by atoms with Gasteiger partial charge >= 0.3 is 0 Å². The molecule has 1 aliphatic heterocycles. The second-order valence-electron chi connectivity index (χ2n) is 5.72. The molecule has 0 radical (unpaired) electrons. The van der Waals surface area contributed by atoms with Crippen LogP contribution in [0.5, 0.6) is 0 Å². The van der Waals surface area contributed by atoms with Crippen molar-refractivity contribution in [3.05, 3.63) is 34.7 Å². The molecule has 5 rings (SSSR count). The molecular weight excluding hydrogens is 336 g/mol. The highest BCUT2D eigenvalue weighted by Gasteiger charge is 2.56. The zero-order valence-electron chi connectivity index (χ0n) is 11.1. The van der Waals surface area contributed by atoms with Gasteiger partial charge in [-0.05, 0) is 52.7 Å². The van der Waals surface area contributed by atoms with Gasteiger partial charge in [-0.2, -0.15) is 10.1 Å². The smallest absolute Gasteiger partial charge is 0.254 e. The van der Waals surface area contributed by atoms with E-state index in [2.05, 4.69) is 33.2 Å². The molecule has 0 unspecified atom stereocenters. The lowest BCUT2D eigenvalue weighted by molar-refractivity contribution is -0.140. The SMILES string of the molecule is O=C1[C@H]2[C@H](C(=O)N1N=Cc1ccc(Br)o1)[C@H]1C=C[C@H]2CC1. The number of halogens is 1. The van der Waals surface area contributed by atoms with E-state index in [4.69, 9.17) is 4.42 Å². The Balaban J connectivity index is 1.62. The molecule has 0 spiro atoms. The Labute approximate surface area is 129 Å². The van der Waals surface area contributed by atoms with Gasteiger partial charge in [0.1, 0.15) is 5.76 Å². The lowest BCUT2D eigenvalue weighted by atomic mass is 9.63. The maximum absolute atomic E-state index is 12.5. The highest BCUT2D eigenvalue weighted by Crippen LogP contribution is 2.49. The van der Waals surface area contributed by atoms with Crippen molar-refractivity contribution >= 4 is 34.0 Å². The van der Waals surface area contributed by atoms with Crippen LogP contribution < -0.4 is 0 Å². The van der Waals surface area contributed by atoms with Crippen molar-refractivity contribution in [1.82, 2.24) is 5.01 Å². The lowest BCUT2D eigenvalue weighted by Crippen LogP contribution is -2.38. The van der Waals surface area contributed by atoms with Crippen LogP contribution in [0.1, 0.15) is 18.6 Å². The van der Waals surface area contributed by atoms with Crippen LogP contribution in [-0.2, 0) is 9.59 Å². The Bertz CT molecular complexity index is 646. The van der Waals surface area contributed by atoms with Gasteiger partial charge in [-0.1, -0.05) is 12.2 Å². The molecule has 3 aliphatic carbocycles. The molecule has 2 heterocycles. The van der Waals surface area contributed by atoms with Crippen molar-refractivity contribution in [1.29, 1.82) is 0 Å². The zero-order chi connectivity index (χ0) is 14.6. The molecule has 2 bridgehead atoms. The van der Waals surface area contributed by atoms with Crippen LogP contribution in [0.25, 0.3) is 0 Å². The Kier molecular flexibility index (Phi) is 2.89. The van der Waals surface area contributed by atoms with Crippen LogP contribution in [0, 0.1) is 23.7 Å². The van der Waals surface area contributed by atoms with Gasteiger partial charge in [0.2, 0.25) is 0 Å². The number of allylic oxidation sites excluding steroid dienone is 2. The standard InChI is InChI=1S/C15H13BrN2O3/c16-11-6-5-10(21-11)7-17-18-14(19)12-8-1-2-9(4-3-8)13(12)15(18)20/h1-2,5-9,12-13H,3-4H2/t8-,9-,12+,13+/m0/s1. The Hall–Kier alpha value is -1.69. The maximum atomic E-state index is 12.5. The summed E-state index contributed by atoms with van der Waals surface area (Å²) in [6, 6.07) is 3.45. The first-order valence-corrected chi connectivity index (χ1v) is 7.80. The quantitative estimate of drug-likeness (QED) is 0.468. The molecule has 4 aliphatic rings. The normalized spacial score (nSPS) is 34.2. The molecule has 1 aromatic heterocycles. The van der Waals surface area contributed by atoms with Crippen LogP contribution in [0.15, 0.2) is 38.5 Å². The van der Waals surface area contributed by atoms with E-state index in [0.717, 1.165) is 17.9 Å². The van der Waals surface area contributed by atoms with E-state index in [1.165, 1.54) is 6.21 Å². The molecular formula is C15H13BrN2O3. The highest BCUT2D eigenvalue weighted by molar-refractivity contribution is 9.10. The van der Waals surface area contributed by atoms with Crippen LogP contribution in [-0.4, -0.2) is 23.0 Å². The summed E-state index contributed by atoms with van der Waals surface area (Å²) >= 11 is 3.20. The summed E-state index contributed by atoms with van der Waals surface area (Å²) in [5.74, 6) is 0.0857. The molecule has 1 saturated heterocycles. The van der Waals surface area contributed by atoms with Gasteiger partial charge < -0.3 is 4.42 Å². The Morgan fingerprint density at radius 3 is 2.24 bits per heavy atom. The van der Waals surface area contributed by atoms with Gasteiger partial charge in [-0.25, -0.2) is 0 Å². The number of furan rings is 1. The Morgan fingerprint density at radius 2 is 1.76 bits per heavy atom. The number of nitrogens with zero attached hydrogens (tertiary/aromatic N) is 2. The first-order chi connectivity index (χ1) is 10.1. The number of amides is 2. The van der Waals surface area contributed by atoms with E-state index in [0.29, 0.717) is 10.4 Å². The topological polar surface area (TPSA) is 62.9 Å². The van der Waals surface area contributed by atoms with E-state index in [1.54, 1.807) is 12.1 Å². The molecule has 2 fully saturated rings. The summed E-state index contributed by atoms with van der Waals surface area (Å²) in [7, 11) is 0. The molecule has 108 valence electrons. The van der Waals surface area contributed by atoms with Gasteiger partial charge in [0.15, 0.2) is 4.67 Å². The van der Waals surface area contributed by atoms with Crippen LogP contribution in [0.4, 0.5) is 0 Å². The molecule has 1 saturated carbocycles. The van der Waals surface area contributed by atoms with Crippen molar-refractivity contribution in [2.45, 2.75) is 12.8 Å². The van der Waals surface area contributed by atoms with Crippen molar-refractivity contribution in [2.75, 3.05) is 0 Å². The van der Waals surface area contributed by atoms with Gasteiger partial charge in [0, 0.05) is 0 Å². The second-order valence-corrected chi connectivity index (χ2v) is 6.50. The minimum absolute atomic E-state index is 0.175. The summed E-state index contributed by atoms with van der Waals surface area (Å²) in [6.07, 6.45) is 7.58. The minimum Gasteiger partial charge on any atom is -0.448 e. The van der Waals surface area contributed by atoms with E-state index >= 15 is 0 Å². The van der Waals surface area contributed by atoms with Crippen LogP contribution in [0.2, 0.25) is 0 Å². The fraction of sp³-hybridized carbons (Fsp3) is 0.400. The van der Waals surface area contributed by atoms with E-state index in [-0.39, 0.29) is 35.5 Å². The third-order valence-electron chi connectivity index (χ3n) is 4.63. The molecule has 2 amide bonds. The monoisotopic (exact) mass is 348 g/mol. The largest absolute Gasteiger partial charge is 0.448 e. The summed E-state index contributed by atoms with van der Waals surface area (Å²) in [5.41, 5.74) is 0. The van der Waals surface area contributed by atoms with Crippen molar-refractivity contribution in [3.8, 4) is 0 Å². The lowest BCUT2D eigenvalue weighted by Gasteiger charge is -2.37. The number of carbonyl (C=O) groups is 2. The number of fused-ring (bicyclic) bond motifs is 1. The molecule has 5 nitrogen and oxygen atoms in total. The van der Waals surface area contributed by atoms with E-state index in [1.807, 2.05) is 0 Å². The average Bonchev–Trinajstić information content (AvgIpc) is 3.03. The third-order valence-corrected chi connectivity index (χ3v) is 5.06. The Morgan fingerprint density at radius 1 is 1.14 bits per heavy atom. The van der Waals surface area contributed by atoms with Gasteiger partial charge in [-0.15, -0.1) is 0 Å². The predicted octanol–water partition coefficient (Wildman–Crippen LogP) is 2.57. The fourth-order valence-electron chi connectivity index (χ4n) is 3.68. The van der Waals surface area contributed by atoms with Crippen LogP contribution in [0.3, 0.4) is 0 Å². The number of hydrogen-bond acceptors (Lipinski definition) is 4. The number of rotatable bonds is 2. The molecule has 21 heavy (non-hydrogen) atoms. The number of hydrogen-bond donors (Lipinski definition) is 0. The predicted molar refractivity (Wildman–Crippen MR) is 78.2 cm³/mol. The summed E-state index contributed by atoms with van der Waals surface area (Å²) in [4.78, 5) is 25.0. The average molecular weight is 349 g/mol. The fourth-order valence-corrected chi connectivity index (χ4v) is 4.00. The molecule has 6 heteroatoms. The summed E-state index contributed by atoms with van der Waals surface area (Å²) in [6.45, 7) is 0. The zero-order valence-corrected chi connectivity index (χ0v) is 12.7. The third kappa shape index (κ3) is 1.92. The van der Waals surface area contributed by atoms with Gasteiger partial charge in [0.05, 0.1) is 18.1 Å². The first kappa shape index (κ1) is 13.0. The van der Waals surface area contributed by atoms with Gasteiger partial charge in [0.25, 0.3) is 11.8 Å². The molecule has 0 N–H and O–H groups in total. The minimum atomic E-state index is -0.221. The number of imide groups is 1. The van der Waals surface area contributed by atoms with Crippen molar-refractivity contribution in [2.24, 2.45) is 28.8 Å². The van der Waals surface area contributed by atoms with Crippen LogP contribution >= 0.6 is 15.9 Å². The molecule has 1 aromatic rings. The molecule has 4 atom stereocenters. The first-order valence-electron chi connectivity index (χ1n) is 7.00. The summed E-state index contributed by atoms with van der Waals surface area (Å²) in [5, 5.41) is 5.09. The summed E-state index contributed by atoms with van der Waals surface area (Å²) < 4.78 is 5.88. The molecule has 0 aromatic carbocycles. The number of hydrazone groups is 1. The maximum Gasteiger partial charge on any atom is 0.254 e. The van der Waals surface area contributed by atoms with Gasteiger partial charge in [-0.3, -0.25) is 9.59 Å². The van der Waals surface area contributed by atoms with E-state index < -0.39 is 0 Å². The van der Waals surface area contributed by atoms with E-state index in [9.17, 15) is 9.59 Å². The highest BCUT2D eigenvalue weighted by atomic mass is 79.9. The second kappa shape index (κ2) is 4.66. The van der Waals surface area contributed by atoms with Crippen molar-refractivity contribution < 1.29 is 14.0 Å². The number of carbonyl (C=O) groups excluding carboxylic acids is 2. The van der Waals surface area contributed by atoms with Crippen molar-refractivity contribution in [3.63, 3.8) is 0 Å².